The zero-order valence-corrected chi connectivity index (χ0v) is 20.6. The van der Waals surface area contributed by atoms with E-state index in [1.54, 1.807) is 6.33 Å². The summed E-state index contributed by atoms with van der Waals surface area (Å²) in [5.74, 6) is 0.700. The molecule has 37 heavy (non-hydrogen) atoms. The molecule has 0 aliphatic heterocycles. The van der Waals surface area contributed by atoms with E-state index < -0.39 is 0 Å². The van der Waals surface area contributed by atoms with Gasteiger partial charge in [-0.3, -0.25) is 4.40 Å². The highest BCUT2D eigenvalue weighted by molar-refractivity contribution is 5.98. The Bertz CT molecular complexity index is 1680. The van der Waals surface area contributed by atoms with Crippen LogP contribution >= 0.6 is 0 Å². The van der Waals surface area contributed by atoms with Crippen molar-refractivity contribution in [3.8, 4) is 33.9 Å². The molecule has 8 heteroatoms. The van der Waals surface area contributed by atoms with Gasteiger partial charge in [0, 0.05) is 42.0 Å². The van der Waals surface area contributed by atoms with Crippen LogP contribution in [0.25, 0.3) is 50.5 Å². The van der Waals surface area contributed by atoms with Crippen LogP contribution in [0.15, 0.2) is 85.5 Å². The molecule has 6 aromatic rings. The quantitative estimate of drug-likeness (QED) is 0.348. The summed E-state index contributed by atoms with van der Waals surface area (Å²) in [6.07, 6.45) is 7.27. The molecule has 4 N–H and O–H groups in total. The molecule has 6 rings (SSSR count). The summed E-state index contributed by atoms with van der Waals surface area (Å²) >= 11 is 0. The number of benzene rings is 2. The maximum Gasteiger partial charge on any atom is 0.188 e. The molecule has 0 amide bonds. The molecule has 1 atom stereocenters. The molecule has 0 aliphatic carbocycles. The van der Waals surface area contributed by atoms with Gasteiger partial charge in [0.2, 0.25) is 0 Å². The third-order valence-corrected chi connectivity index (χ3v) is 6.65. The predicted octanol–water partition coefficient (Wildman–Crippen LogP) is 4.23. The Morgan fingerprint density at radius 3 is 2.49 bits per heavy atom. The van der Waals surface area contributed by atoms with Crippen molar-refractivity contribution in [3.63, 3.8) is 0 Å². The van der Waals surface area contributed by atoms with Crippen molar-refractivity contribution in [2.24, 2.45) is 18.5 Å². The number of hydrogen-bond acceptors (Lipinski definition) is 6. The summed E-state index contributed by atoms with van der Waals surface area (Å²) in [7, 11) is 1.94. The number of nitrogens with zero attached hydrogens (tertiary/aromatic N) is 6. The van der Waals surface area contributed by atoms with E-state index in [1.807, 2.05) is 52.7 Å². The fourth-order valence-corrected chi connectivity index (χ4v) is 4.77. The fourth-order valence-electron chi connectivity index (χ4n) is 4.77. The largest absolute Gasteiger partial charge is 0.340 e. The lowest BCUT2D eigenvalue weighted by molar-refractivity contribution is 0.619. The van der Waals surface area contributed by atoms with E-state index in [2.05, 4.69) is 57.6 Å². The van der Waals surface area contributed by atoms with Crippen LogP contribution in [0.1, 0.15) is 12.0 Å². The Labute approximate surface area is 214 Å². The first-order valence-electron chi connectivity index (χ1n) is 12.4. The van der Waals surface area contributed by atoms with Crippen molar-refractivity contribution in [1.82, 2.24) is 29.1 Å². The van der Waals surface area contributed by atoms with Crippen molar-refractivity contribution >= 4 is 16.6 Å². The highest BCUT2D eigenvalue weighted by Crippen LogP contribution is 2.35. The summed E-state index contributed by atoms with van der Waals surface area (Å²) in [5.41, 5.74) is 19.5. The van der Waals surface area contributed by atoms with E-state index in [0.717, 1.165) is 57.5 Å². The van der Waals surface area contributed by atoms with Gasteiger partial charge in [0.1, 0.15) is 5.69 Å². The lowest BCUT2D eigenvalue weighted by atomic mass is 9.96. The van der Waals surface area contributed by atoms with Gasteiger partial charge in [0.05, 0.1) is 17.5 Å². The van der Waals surface area contributed by atoms with Gasteiger partial charge < -0.3 is 16.0 Å². The average Bonchev–Trinajstić information content (AvgIpc) is 3.55. The van der Waals surface area contributed by atoms with Crippen LogP contribution in [0.4, 0.5) is 0 Å². The highest BCUT2D eigenvalue weighted by Gasteiger charge is 2.17. The maximum atomic E-state index is 6.20. The first kappa shape index (κ1) is 23.0. The number of fused-ring (bicyclic) bond motifs is 3. The number of imidazole rings is 1. The van der Waals surface area contributed by atoms with Crippen LogP contribution in [0.5, 0.6) is 0 Å². The number of aryl methyl sites for hydroxylation is 1. The van der Waals surface area contributed by atoms with Gasteiger partial charge in [-0.15, -0.1) is 10.2 Å². The summed E-state index contributed by atoms with van der Waals surface area (Å²) in [5, 5.41) is 9.91. The first-order valence-corrected chi connectivity index (χ1v) is 12.4. The van der Waals surface area contributed by atoms with E-state index in [9.17, 15) is 0 Å². The number of hydrogen-bond donors (Lipinski definition) is 2. The first-order chi connectivity index (χ1) is 18.1. The zero-order valence-electron chi connectivity index (χ0n) is 20.6. The molecule has 8 nitrogen and oxygen atoms in total. The van der Waals surface area contributed by atoms with E-state index in [0.29, 0.717) is 12.4 Å². The maximum absolute atomic E-state index is 6.20. The normalized spacial score (nSPS) is 12.4. The molecule has 2 aromatic carbocycles. The Balaban J connectivity index is 1.49. The van der Waals surface area contributed by atoms with Gasteiger partial charge in [-0.1, -0.05) is 54.6 Å². The minimum atomic E-state index is 0.0658. The highest BCUT2D eigenvalue weighted by atomic mass is 15.3. The van der Waals surface area contributed by atoms with Crippen molar-refractivity contribution in [2.45, 2.75) is 18.9 Å². The van der Waals surface area contributed by atoms with Gasteiger partial charge in [-0.05, 0) is 42.6 Å². The van der Waals surface area contributed by atoms with E-state index in [-0.39, 0.29) is 6.04 Å². The molecular weight excluding hydrogens is 460 g/mol. The van der Waals surface area contributed by atoms with Crippen LogP contribution in [0.3, 0.4) is 0 Å². The number of pyridine rings is 2. The topological polar surface area (TPSA) is 113 Å². The molecule has 0 saturated heterocycles. The molecule has 0 saturated carbocycles. The number of aromatic nitrogens is 6. The van der Waals surface area contributed by atoms with Gasteiger partial charge >= 0.3 is 0 Å². The Morgan fingerprint density at radius 1 is 0.946 bits per heavy atom. The van der Waals surface area contributed by atoms with Crippen molar-refractivity contribution in [2.75, 3.05) is 6.54 Å². The molecule has 0 radical (unpaired) electrons. The van der Waals surface area contributed by atoms with Crippen LogP contribution in [-0.4, -0.2) is 41.7 Å². The summed E-state index contributed by atoms with van der Waals surface area (Å²) in [4.78, 5) is 9.59. The van der Waals surface area contributed by atoms with Crippen LogP contribution < -0.4 is 11.5 Å². The molecule has 0 bridgehead atoms. The van der Waals surface area contributed by atoms with Crippen LogP contribution in [0, 0.1) is 0 Å². The molecule has 0 fully saturated rings. The van der Waals surface area contributed by atoms with Crippen LogP contribution in [0.2, 0.25) is 0 Å². The van der Waals surface area contributed by atoms with Crippen LogP contribution in [-0.2, 0) is 13.5 Å². The fraction of sp³-hybridized carbons (Fsp3) is 0.172. The van der Waals surface area contributed by atoms with Crippen molar-refractivity contribution in [1.29, 1.82) is 0 Å². The van der Waals surface area contributed by atoms with Gasteiger partial charge in [0.25, 0.3) is 0 Å². The SMILES string of the molecule is Cn1cnc(-c2nnc3c4cc(-c5ccccc5)c(-c5ccc(CC(N)CCN)cc5)nc4ccn23)c1. The molecule has 4 heterocycles. The average molecular weight is 489 g/mol. The Kier molecular flexibility index (Phi) is 5.96. The minimum Gasteiger partial charge on any atom is -0.340 e. The van der Waals surface area contributed by atoms with Gasteiger partial charge in [-0.25, -0.2) is 9.97 Å². The Morgan fingerprint density at radius 2 is 1.76 bits per heavy atom. The van der Waals surface area contributed by atoms with Gasteiger partial charge in [0.15, 0.2) is 11.5 Å². The second kappa shape index (κ2) is 9.57. The summed E-state index contributed by atoms with van der Waals surface area (Å²) < 4.78 is 3.87. The second-order valence-electron chi connectivity index (χ2n) is 9.38. The Hall–Kier alpha value is -4.40. The van der Waals surface area contributed by atoms with Gasteiger partial charge in [-0.2, -0.15) is 0 Å². The smallest absolute Gasteiger partial charge is 0.188 e. The van der Waals surface area contributed by atoms with E-state index >= 15 is 0 Å². The zero-order chi connectivity index (χ0) is 25.4. The number of rotatable bonds is 7. The van der Waals surface area contributed by atoms with E-state index in [4.69, 9.17) is 16.5 Å². The minimum absolute atomic E-state index is 0.0658. The van der Waals surface area contributed by atoms with E-state index in [1.165, 1.54) is 5.56 Å². The summed E-state index contributed by atoms with van der Waals surface area (Å²) in [6.45, 7) is 0.601. The molecule has 0 aliphatic rings. The number of nitrogens with two attached hydrogens (primary N) is 2. The molecule has 1 unspecified atom stereocenters. The van der Waals surface area contributed by atoms with Crippen molar-refractivity contribution in [3.05, 3.63) is 91.0 Å². The third-order valence-electron chi connectivity index (χ3n) is 6.65. The molecule has 184 valence electrons. The lowest BCUT2D eigenvalue weighted by Crippen LogP contribution is -2.25. The monoisotopic (exact) mass is 488 g/mol. The predicted molar refractivity (Wildman–Crippen MR) is 147 cm³/mol. The lowest BCUT2D eigenvalue weighted by Gasteiger charge is -2.14. The standard InChI is InChI=1S/C29H28N8/c1-36-17-26(32-18-36)29-35-34-28-24-16-23(20-5-3-2-4-6-20)27(33-25(24)12-14-37(28)29)21-9-7-19(8-10-21)15-22(31)11-13-30/h2-10,12,14,16-18,22H,11,13,15,30-31H2,1H3. The molecule has 0 spiro atoms. The molecular formula is C29H28N8. The second-order valence-corrected chi connectivity index (χ2v) is 9.38. The van der Waals surface area contributed by atoms with Crippen molar-refractivity contribution < 1.29 is 0 Å². The summed E-state index contributed by atoms with van der Waals surface area (Å²) in [6, 6.07) is 23.1. The third kappa shape index (κ3) is 4.37. The molecule has 4 aromatic heterocycles.